The van der Waals surface area contributed by atoms with Crippen LogP contribution in [0.4, 0.5) is 5.69 Å². The molecular weight excluding hydrogens is 322 g/mol. The highest BCUT2D eigenvalue weighted by molar-refractivity contribution is 6.30. The number of anilines is 1. The molecule has 0 bridgehead atoms. The van der Waals surface area contributed by atoms with Crippen molar-refractivity contribution in [2.75, 3.05) is 31.1 Å². The Balaban J connectivity index is 1.44. The predicted octanol–water partition coefficient (Wildman–Crippen LogP) is 3.12. The fraction of sp³-hybridized carbons (Fsp3) is 0.368. The molecule has 2 heterocycles. The molecule has 5 heteroatoms. The average Bonchev–Trinajstić information content (AvgIpc) is 3.44. The van der Waals surface area contributed by atoms with Gasteiger partial charge in [0.15, 0.2) is 0 Å². The van der Waals surface area contributed by atoms with Crippen molar-refractivity contribution in [3.63, 3.8) is 0 Å². The van der Waals surface area contributed by atoms with Crippen LogP contribution in [-0.4, -0.2) is 42.0 Å². The van der Waals surface area contributed by atoms with E-state index in [1.54, 1.807) is 0 Å². The summed E-state index contributed by atoms with van der Waals surface area (Å²) in [6.45, 7) is 3.28. The molecule has 1 aromatic heterocycles. The van der Waals surface area contributed by atoms with Gasteiger partial charge in [-0.1, -0.05) is 23.7 Å². The topological polar surface area (TPSA) is 36.4 Å². The fourth-order valence-corrected chi connectivity index (χ4v) is 3.67. The van der Waals surface area contributed by atoms with E-state index in [1.165, 1.54) is 5.69 Å². The van der Waals surface area contributed by atoms with Crippen molar-refractivity contribution >= 4 is 23.2 Å². The molecule has 0 unspecified atom stereocenters. The maximum Gasteiger partial charge on any atom is 0.233 e. The van der Waals surface area contributed by atoms with Crippen LogP contribution in [0.5, 0.6) is 0 Å². The minimum Gasteiger partial charge on any atom is -0.368 e. The van der Waals surface area contributed by atoms with Crippen LogP contribution in [-0.2, 0) is 10.2 Å². The second-order valence-corrected chi connectivity index (χ2v) is 7.01. The van der Waals surface area contributed by atoms with Gasteiger partial charge in [0.1, 0.15) is 0 Å². The largest absolute Gasteiger partial charge is 0.368 e. The zero-order valence-corrected chi connectivity index (χ0v) is 14.2. The van der Waals surface area contributed by atoms with Gasteiger partial charge in [0, 0.05) is 49.3 Å². The Kier molecular flexibility index (Phi) is 3.93. The number of carbonyl (C=O) groups excluding carboxylic acids is 1. The molecule has 24 heavy (non-hydrogen) atoms. The van der Waals surface area contributed by atoms with Gasteiger partial charge >= 0.3 is 0 Å². The summed E-state index contributed by atoms with van der Waals surface area (Å²) in [4.78, 5) is 21.5. The summed E-state index contributed by atoms with van der Waals surface area (Å²) >= 11 is 5.98. The summed E-state index contributed by atoms with van der Waals surface area (Å²) in [6.07, 6.45) is 5.51. The quantitative estimate of drug-likeness (QED) is 0.860. The molecule has 4 rings (SSSR count). The normalized spacial score (nSPS) is 19.2. The Labute approximate surface area is 147 Å². The van der Waals surface area contributed by atoms with Gasteiger partial charge in [-0.3, -0.25) is 9.78 Å². The first-order chi connectivity index (χ1) is 11.7. The molecule has 2 aromatic rings. The number of piperazine rings is 1. The van der Waals surface area contributed by atoms with E-state index in [-0.39, 0.29) is 11.3 Å². The van der Waals surface area contributed by atoms with Crippen LogP contribution < -0.4 is 4.90 Å². The van der Waals surface area contributed by atoms with Gasteiger partial charge < -0.3 is 9.80 Å². The van der Waals surface area contributed by atoms with Crippen molar-refractivity contribution in [1.82, 2.24) is 9.88 Å². The predicted molar refractivity (Wildman–Crippen MR) is 95.4 cm³/mol. The zero-order chi connectivity index (χ0) is 16.6. The average molecular weight is 342 g/mol. The lowest BCUT2D eigenvalue weighted by molar-refractivity contribution is -0.134. The van der Waals surface area contributed by atoms with Crippen molar-refractivity contribution in [1.29, 1.82) is 0 Å². The standard InChI is InChI=1S/C19H20ClN3O/c20-16-3-1-15(2-4-16)19(7-8-19)18(24)23-13-11-22(12-14-23)17-5-9-21-10-6-17/h1-6,9-10H,7-8,11-14H2. The van der Waals surface area contributed by atoms with E-state index >= 15 is 0 Å². The smallest absolute Gasteiger partial charge is 0.233 e. The number of carbonyl (C=O) groups is 1. The first kappa shape index (κ1) is 15.5. The minimum atomic E-state index is -0.302. The third kappa shape index (κ3) is 2.75. The Morgan fingerprint density at radius 1 is 0.958 bits per heavy atom. The van der Waals surface area contributed by atoms with Crippen LogP contribution in [0.3, 0.4) is 0 Å². The van der Waals surface area contributed by atoms with Gasteiger partial charge in [-0.05, 0) is 42.7 Å². The summed E-state index contributed by atoms with van der Waals surface area (Å²) < 4.78 is 0. The summed E-state index contributed by atoms with van der Waals surface area (Å²) in [5.74, 6) is 0.277. The van der Waals surface area contributed by atoms with E-state index in [2.05, 4.69) is 9.88 Å². The van der Waals surface area contributed by atoms with Gasteiger partial charge in [-0.15, -0.1) is 0 Å². The van der Waals surface area contributed by atoms with Gasteiger partial charge in [-0.2, -0.15) is 0 Å². The Morgan fingerprint density at radius 3 is 2.17 bits per heavy atom. The summed E-state index contributed by atoms with van der Waals surface area (Å²) in [6, 6.07) is 11.8. The lowest BCUT2D eigenvalue weighted by atomic mass is 9.94. The number of hydrogen-bond acceptors (Lipinski definition) is 3. The number of pyridine rings is 1. The van der Waals surface area contributed by atoms with Crippen LogP contribution in [0.2, 0.25) is 5.02 Å². The minimum absolute atomic E-state index is 0.277. The van der Waals surface area contributed by atoms with Gasteiger partial charge in [-0.25, -0.2) is 0 Å². The molecule has 1 aliphatic heterocycles. The Morgan fingerprint density at radius 2 is 1.58 bits per heavy atom. The molecule has 124 valence electrons. The van der Waals surface area contributed by atoms with E-state index in [0.717, 1.165) is 44.6 Å². The third-order valence-corrected chi connectivity index (χ3v) is 5.40. The molecule has 1 amide bonds. The number of hydrogen-bond donors (Lipinski definition) is 0. The molecule has 2 fully saturated rings. The zero-order valence-electron chi connectivity index (χ0n) is 13.5. The van der Waals surface area contributed by atoms with Crippen molar-refractivity contribution in [3.8, 4) is 0 Å². The van der Waals surface area contributed by atoms with Crippen molar-refractivity contribution in [3.05, 3.63) is 59.4 Å². The van der Waals surface area contributed by atoms with Gasteiger partial charge in [0.05, 0.1) is 5.41 Å². The van der Waals surface area contributed by atoms with Crippen molar-refractivity contribution in [2.45, 2.75) is 18.3 Å². The monoisotopic (exact) mass is 341 g/mol. The van der Waals surface area contributed by atoms with E-state index in [1.807, 2.05) is 53.7 Å². The molecule has 1 aromatic carbocycles. The number of halogens is 1. The molecule has 0 atom stereocenters. The highest BCUT2D eigenvalue weighted by Gasteiger charge is 2.53. The molecule has 2 aliphatic rings. The number of nitrogens with zero attached hydrogens (tertiary/aromatic N) is 3. The molecule has 0 radical (unpaired) electrons. The van der Waals surface area contributed by atoms with Gasteiger partial charge in [0.25, 0.3) is 0 Å². The number of aromatic nitrogens is 1. The molecular formula is C19H20ClN3O. The highest BCUT2D eigenvalue weighted by atomic mass is 35.5. The third-order valence-electron chi connectivity index (χ3n) is 5.15. The lowest BCUT2D eigenvalue weighted by Crippen LogP contribution is -2.51. The van der Waals surface area contributed by atoms with Crippen molar-refractivity contribution in [2.24, 2.45) is 0 Å². The van der Waals surface area contributed by atoms with E-state index < -0.39 is 0 Å². The molecule has 1 saturated carbocycles. The number of rotatable bonds is 3. The number of amides is 1. The fourth-order valence-electron chi connectivity index (χ4n) is 3.55. The summed E-state index contributed by atoms with van der Waals surface area (Å²) in [7, 11) is 0. The summed E-state index contributed by atoms with van der Waals surface area (Å²) in [5, 5.41) is 0.716. The Bertz CT molecular complexity index is 720. The lowest BCUT2D eigenvalue weighted by Gasteiger charge is -2.37. The maximum atomic E-state index is 13.1. The molecule has 0 spiro atoms. The van der Waals surface area contributed by atoms with E-state index in [0.29, 0.717) is 5.02 Å². The maximum absolute atomic E-state index is 13.1. The van der Waals surface area contributed by atoms with Gasteiger partial charge in [0.2, 0.25) is 5.91 Å². The molecule has 1 aliphatic carbocycles. The number of benzene rings is 1. The SMILES string of the molecule is O=C(N1CCN(c2ccncc2)CC1)C1(c2ccc(Cl)cc2)CC1. The molecule has 0 N–H and O–H groups in total. The van der Waals surface area contributed by atoms with E-state index in [4.69, 9.17) is 11.6 Å². The van der Waals surface area contributed by atoms with Crippen LogP contribution >= 0.6 is 11.6 Å². The highest BCUT2D eigenvalue weighted by Crippen LogP contribution is 2.49. The first-order valence-electron chi connectivity index (χ1n) is 8.39. The van der Waals surface area contributed by atoms with Crippen LogP contribution in [0, 0.1) is 0 Å². The van der Waals surface area contributed by atoms with Crippen LogP contribution in [0.25, 0.3) is 0 Å². The molecule has 1 saturated heterocycles. The Hall–Kier alpha value is -2.07. The van der Waals surface area contributed by atoms with Crippen molar-refractivity contribution < 1.29 is 4.79 Å². The first-order valence-corrected chi connectivity index (χ1v) is 8.77. The van der Waals surface area contributed by atoms with Crippen LogP contribution in [0.15, 0.2) is 48.8 Å². The molecule has 4 nitrogen and oxygen atoms in total. The second-order valence-electron chi connectivity index (χ2n) is 6.57. The second kappa shape index (κ2) is 6.10. The summed E-state index contributed by atoms with van der Waals surface area (Å²) in [5.41, 5.74) is 1.98. The van der Waals surface area contributed by atoms with Crippen LogP contribution in [0.1, 0.15) is 18.4 Å². The van der Waals surface area contributed by atoms with E-state index in [9.17, 15) is 4.79 Å².